The number of anilines is 1. The molecule has 118 valence electrons. The highest BCUT2D eigenvalue weighted by molar-refractivity contribution is 6.06. The Kier molecular flexibility index (Phi) is 3.60. The first-order chi connectivity index (χ1) is 11.0. The van der Waals surface area contributed by atoms with Gasteiger partial charge >= 0.3 is 0 Å². The highest BCUT2D eigenvalue weighted by atomic mass is 16.2. The summed E-state index contributed by atoms with van der Waals surface area (Å²) in [6.07, 6.45) is 6.43. The number of hydrogen-bond donors (Lipinski definition) is 0. The van der Waals surface area contributed by atoms with Crippen molar-refractivity contribution < 1.29 is 4.79 Å². The minimum Gasteiger partial charge on any atom is -0.310 e. The SMILES string of the molecule is Cc1c(C(=O)N(C)c2ccnnc2)cnn1C(C)C1(C#N)CC1. The van der Waals surface area contributed by atoms with Crippen molar-refractivity contribution in [2.24, 2.45) is 5.41 Å². The number of amides is 1. The van der Waals surface area contributed by atoms with Gasteiger partial charge in [-0.3, -0.25) is 9.48 Å². The van der Waals surface area contributed by atoms with E-state index in [2.05, 4.69) is 21.4 Å². The number of carbonyl (C=O) groups is 1. The summed E-state index contributed by atoms with van der Waals surface area (Å²) in [5, 5.41) is 21.2. The summed E-state index contributed by atoms with van der Waals surface area (Å²) in [4.78, 5) is 14.2. The Morgan fingerprint density at radius 2 is 2.17 bits per heavy atom. The maximum absolute atomic E-state index is 12.7. The van der Waals surface area contributed by atoms with Crippen molar-refractivity contribution in [3.63, 3.8) is 0 Å². The molecular weight excluding hydrogens is 292 g/mol. The molecule has 1 unspecified atom stereocenters. The molecule has 23 heavy (non-hydrogen) atoms. The van der Waals surface area contributed by atoms with Gasteiger partial charge in [-0.2, -0.15) is 20.6 Å². The van der Waals surface area contributed by atoms with Crippen molar-refractivity contribution >= 4 is 11.6 Å². The van der Waals surface area contributed by atoms with E-state index in [-0.39, 0.29) is 17.4 Å². The second-order valence-electron chi connectivity index (χ2n) is 6.00. The Bertz CT molecular complexity index is 772. The average Bonchev–Trinajstić information content (AvgIpc) is 3.30. The standard InChI is InChI=1S/C16H18N6O/c1-11-14(15(23)21(3)13-4-7-18-19-8-13)9-20-22(11)12(2)16(10-17)5-6-16/h4,7-9,12H,5-6H2,1-3H3. The zero-order chi connectivity index (χ0) is 16.6. The van der Waals surface area contributed by atoms with Gasteiger partial charge in [-0.15, -0.1) is 0 Å². The van der Waals surface area contributed by atoms with E-state index in [0.29, 0.717) is 11.3 Å². The Morgan fingerprint density at radius 1 is 1.43 bits per heavy atom. The second-order valence-corrected chi connectivity index (χ2v) is 6.00. The van der Waals surface area contributed by atoms with Crippen LogP contribution in [0, 0.1) is 23.7 Å². The minimum absolute atomic E-state index is 0.0399. The molecule has 0 N–H and O–H groups in total. The highest BCUT2D eigenvalue weighted by Gasteiger charge is 2.49. The van der Waals surface area contributed by atoms with Crippen molar-refractivity contribution in [2.45, 2.75) is 32.7 Å². The third kappa shape index (κ3) is 2.46. The maximum Gasteiger partial charge on any atom is 0.261 e. The highest BCUT2D eigenvalue weighted by Crippen LogP contribution is 2.53. The summed E-state index contributed by atoms with van der Waals surface area (Å²) in [5.74, 6) is -0.157. The van der Waals surface area contributed by atoms with Gasteiger partial charge in [-0.25, -0.2) is 0 Å². The number of hydrogen-bond acceptors (Lipinski definition) is 5. The molecule has 1 fully saturated rings. The van der Waals surface area contributed by atoms with Crippen LogP contribution in [-0.4, -0.2) is 32.9 Å². The van der Waals surface area contributed by atoms with Crippen LogP contribution in [0.2, 0.25) is 0 Å². The summed E-state index contributed by atoms with van der Waals surface area (Å²) in [7, 11) is 1.69. The lowest BCUT2D eigenvalue weighted by Crippen LogP contribution is -2.27. The molecule has 0 spiro atoms. The number of carbonyl (C=O) groups excluding carboxylic acids is 1. The molecule has 0 radical (unpaired) electrons. The molecule has 0 bridgehead atoms. The summed E-state index contributed by atoms with van der Waals surface area (Å²) in [5.41, 5.74) is 1.64. The first kappa shape index (κ1) is 15.2. The normalized spacial score (nSPS) is 16.4. The Morgan fingerprint density at radius 3 is 2.74 bits per heavy atom. The van der Waals surface area contributed by atoms with Gasteiger partial charge in [0.2, 0.25) is 0 Å². The van der Waals surface area contributed by atoms with Crippen LogP contribution >= 0.6 is 0 Å². The van der Waals surface area contributed by atoms with Gasteiger partial charge in [-0.05, 0) is 32.8 Å². The fraction of sp³-hybridized carbons (Fsp3) is 0.438. The van der Waals surface area contributed by atoms with Gasteiger partial charge in [0, 0.05) is 12.7 Å². The first-order valence-corrected chi connectivity index (χ1v) is 7.50. The van der Waals surface area contributed by atoms with Gasteiger partial charge < -0.3 is 4.90 Å². The predicted molar refractivity (Wildman–Crippen MR) is 83.7 cm³/mol. The van der Waals surface area contributed by atoms with E-state index in [1.54, 1.807) is 30.2 Å². The smallest absolute Gasteiger partial charge is 0.261 e. The van der Waals surface area contributed by atoms with E-state index >= 15 is 0 Å². The first-order valence-electron chi connectivity index (χ1n) is 7.50. The average molecular weight is 310 g/mol. The molecule has 1 saturated carbocycles. The molecular formula is C16H18N6O. The molecule has 1 atom stereocenters. The van der Waals surface area contributed by atoms with Crippen molar-refractivity contribution in [3.05, 3.63) is 35.9 Å². The van der Waals surface area contributed by atoms with Crippen LogP contribution in [0.3, 0.4) is 0 Å². The maximum atomic E-state index is 12.7. The van der Waals surface area contributed by atoms with E-state index in [1.807, 2.05) is 13.8 Å². The zero-order valence-corrected chi connectivity index (χ0v) is 13.4. The minimum atomic E-state index is -0.335. The van der Waals surface area contributed by atoms with Gasteiger partial charge in [0.05, 0.1) is 47.4 Å². The summed E-state index contributed by atoms with van der Waals surface area (Å²) < 4.78 is 1.79. The molecule has 2 aromatic rings. The van der Waals surface area contributed by atoms with E-state index in [9.17, 15) is 10.1 Å². The van der Waals surface area contributed by atoms with E-state index in [1.165, 1.54) is 11.1 Å². The molecule has 0 aromatic carbocycles. The molecule has 1 amide bonds. The van der Waals surface area contributed by atoms with Gasteiger partial charge in [0.25, 0.3) is 5.91 Å². The van der Waals surface area contributed by atoms with E-state index in [0.717, 1.165) is 18.5 Å². The fourth-order valence-electron chi connectivity index (χ4n) is 2.80. The van der Waals surface area contributed by atoms with Crippen LogP contribution in [0.25, 0.3) is 0 Å². The summed E-state index contributed by atoms with van der Waals surface area (Å²) >= 11 is 0. The Hall–Kier alpha value is -2.75. The molecule has 2 heterocycles. The number of nitriles is 1. The monoisotopic (exact) mass is 310 g/mol. The van der Waals surface area contributed by atoms with Crippen LogP contribution in [0.4, 0.5) is 5.69 Å². The number of rotatable bonds is 4. The van der Waals surface area contributed by atoms with Crippen LogP contribution in [0.1, 0.15) is 41.9 Å². The Labute approximate surface area is 134 Å². The lowest BCUT2D eigenvalue weighted by atomic mass is 10.00. The quantitative estimate of drug-likeness (QED) is 0.863. The molecule has 1 aliphatic carbocycles. The summed E-state index contributed by atoms with van der Waals surface area (Å²) in [6.45, 7) is 3.85. The fourth-order valence-corrected chi connectivity index (χ4v) is 2.80. The molecule has 2 aromatic heterocycles. The molecule has 1 aliphatic rings. The van der Waals surface area contributed by atoms with Gasteiger partial charge in [0.15, 0.2) is 0 Å². The molecule has 7 nitrogen and oxygen atoms in total. The third-order valence-corrected chi connectivity index (χ3v) is 4.71. The van der Waals surface area contributed by atoms with Crippen molar-refractivity contribution in [3.8, 4) is 6.07 Å². The van der Waals surface area contributed by atoms with Crippen molar-refractivity contribution in [1.82, 2.24) is 20.0 Å². The topological polar surface area (TPSA) is 87.7 Å². The van der Waals surface area contributed by atoms with Crippen molar-refractivity contribution in [1.29, 1.82) is 5.26 Å². The van der Waals surface area contributed by atoms with E-state index in [4.69, 9.17) is 0 Å². The zero-order valence-electron chi connectivity index (χ0n) is 13.4. The molecule has 3 rings (SSSR count). The Balaban J connectivity index is 1.88. The molecule has 7 heteroatoms. The molecule has 0 saturated heterocycles. The van der Waals surface area contributed by atoms with Crippen molar-refractivity contribution in [2.75, 3.05) is 11.9 Å². The van der Waals surface area contributed by atoms with Crippen LogP contribution in [0.5, 0.6) is 0 Å². The lowest BCUT2D eigenvalue weighted by Gasteiger charge is -2.20. The van der Waals surface area contributed by atoms with Gasteiger partial charge in [0.1, 0.15) is 0 Å². The third-order valence-electron chi connectivity index (χ3n) is 4.71. The van der Waals surface area contributed by atoms with Gasteiger partial charge in [-0.1, -0.05) is 0 Å². The van der Waals surface area contributed by atoms with Crippen LogP contribution < -0.4 is 4.90 Å². The largest absolute Gasteiger partial charge is 0.310 e. The number of nitrogens with zero attached hydrogens (tertiary/aromatic N) is 6. The summed E-state index contributed by atoms with van der Waals surface area (Å²) in [6, 6.07) is 4.08. The second kappa shape index (κ2) is 5.47. The van der Waals surface area contributed by atoms with Crippen LogP contribution in [-0.2, 0) is 0 Å². The molecule has 0 aliphatic heterocycles. The number of aromatic nitrogens is 4. The lowest BCUT2D eigenvalue weighted by molar-refractivity contribution is 0.0992. The predicted octanol–water partition coefficient (Wildman–Crippen LogP) is 2.12. The van der Waals surface area contributed by atoms with Crippen LogP contribution in [0.15, 0.2) is 24.7 Å². The van der Waals surface area contributed by atoms with E-state index < -0.39 is 0 Å².